The average molecular weight is 353 g/mol. The molecule has 23 heavy (non-hydrogen) atoms. The molecule has 1 atom stereocenters. The molecule has 1 aromatic heterocycles. The first kappa shape index (κ1) is 17.7. The zero-order valence-corrected chi connectivity index (χ0v) is 14.3. The zero-order valence-electron chi connectivity index (χ0n) is 12.7. The first-order valence-electron chi connectivity index (χ1n) is 7.31. The Labute approximate surface area is 145 Å². The molecule has 0 saturated carbocycles. The van der Waals surface area contributed by atoms with Gasteiger partial charge in [0.1, 0.15) is 0 Å². The lowest BCUT2D eigenvalue weighted by molar-refractivity contribution is -0.131. The molecule has 0 fully saturated rings. The Bertz CT molecular complexity index is 665. The molecule has 1 unspecified atom stereocenters. The summed E-state index contributed by atoms with van der Waals surface area (Å²) in [4.78, 5) is 18.0. The SMILES string of the molecule is CCN(CC(O)c1cccnc1)C(=O)Cc1ccc(Cl)c(Cl)c1. The summed E-state index contributed by atoms with van der Waals surface area (Å²) < 4.78 is 0. The van der Waals surface area contributed by atoms with Gasteiger partial charge in [-0.15, -0.1) is 0 Å². The van der Waals surface area contributed by atoms with Gasteiger partial charge in [-0.05, 0) is 30.7 Å². The molecule has 0 aliphatic rings. The van der Waals surface area contributed by atoms with Crippen LogP contribution in [0.5, 0.6) is 0 Å². The van der Waals surface area contributed by atoms with E-state index < -0.39 is 6.10 Å². The summed E-state index contributed by atoms with van der Waals surface area (Å²) in [7, 11) is 0. The Hall–Kier alpha value is -1.62. The van der Waals surface area contributed by atoms with E-state index in [4.69, 9.17) is 23.2 Å². The average Bonchev–Trinajstić information content (AvgIpc) is 2.56. The number of aliphatic hydroxyl groups is 1. The van der Waals surface area contributed by atoms with Gasteiger partial charge < -0.3 is 10.0 Å². The minimum Gasteiger partial charge on any atom is -0.386 e. The fourth-order valence-corrected chi connectivity index (χ4v) is 2.55. The van der Waals surface area contributed by atoms with Crippen molar-refractivity contribution in [2.75, 3.05) is 13.1 Å². The highest BCUT2D eigenvalue weighted by Crippen LogP contribution is 2.23. The lowest BCUT2D eigenvalue weighted by Gasteiger charge is -2.24. The van der Waals surface area contributed by atoms with Crippen molar-refractivity contribution < 1.29 is 9.90 Å². The molecule has 1 amide bonds. The lowest BCUT2D eigenvalue weighted by atomic mass is 10.1. The molecule has 1 aromatic carbocycles. The summed E-state index contributed by atoms with van der Waals surface area (Å²) in [6.07, 6.45) is 2.69. The molecule has 0 bridgehead atoms. The first-order chi connectivity index (χ1) is 11.0. The highest BCUT2D eigenvalue weighted by atomic mass is 35.5. The number of likely N-dealkylation sites (N-methyl/N-ethyl adjacent to an activating group) is 1. The van der Waals surface area contributed by atoms with Crippen molar-refractivity contribution in [3.8, 4) is 0 Å². The number of aliphatic hydroxyl groups excluding tert-OH is 1. The maximum Gasteiger partial charge on any atom is 0.227 e. The van der Waals surface area contributed by atoms with Gasteiger partial charge in [-0.3, -0.25) is 9.78 Å². The topological polar surface area (TPSA) is 53.4 Å². The summed E-state index contributed by atoms with van der Waals surface area (Å²) in [5.41, 5.74) is 1.48. The second-order valence-electron chi connectivity index (χ2n) is 5.16. The van der Waals surface area contributed by atoms with E-state index in [1.54, 1.807) is 47.6 Å². The molecule has 2 aromatic rings. The lowest BCUT2D eigenvalue weighted by Crippen LogP contribution is -2.35. The molecule has 6 heteroatoms. The van der Waals surface area contributed by atoms with Crippen LogP contribution in [0.2, 0.25) is 10.0 Å². The van der Waals surface area contributed by atoms with Gasteiger partial charge >= 0.3 is 0 Å². The van der Waals surface area contributed by atoms with E-state index in [-0.39, 0.29) is 18.9 Å². The van der Waals surface area contributed by atoms with Crippen LogP contribution in [-0.2, 0) is 11.2 Å². The second kappa shape index (κ2) is 8.29. The summed E-state index contributed by atoms with van der Waals surface area (Å²) in [6, 6.07) is 8.68. The minimum absolute atomic E-state index is 0.0752. The number of carbonyl (C=O) groups is 1. The molecule has 122 valence electrons. The molecule has 0 saturated heterocycles. The predicted octanol–water partition coefficient (Wildman–Crippen LogP) is 3.51. The summed E-state index contributed by atoms with van der Waals surface area (Å²) in [5.74, 6) is -0.0752. The molecule has 0 aliphatic heterocycles. The molecule has 4 nitrogen and oxygen atoms in total. The number of rotatable bonds is 6. The van der Waals surface area contributed by atoms with Crippen molar-refractivity contribution in [1.82, 2.24) is 9.88 Å². The highest BCUT2D eigenvalue weighted by molar-refractivity contribution is 6.42. The Balaban J connectivity index is 2.02. The quantitative estimate of drug-likeness (QED) is 0.865. The summed E-state index contributed by atoms with van der Waals surface area (Å²) >= 11 is 11.8. The Morgan fingerprint density at radius 2 is 2.09 bits per heavy atom. The van der Waals surface area contributed by atoms with Gasteiger partial charge in [0, 0.05) is 24.5 Å². The fraction of sp³-hybridized carbons (Fsp3) is 0.294. The van der Waals surface area contributed by atoms with Crippen LogP contribution in [0.3, 0.4) is 0 Å². The third kappa shape index (κ3) is 4.93. The highest BCUT2D eigenvalue weighted by Gasteiger charge is 2.18. The van der Waals surface area contributed by atoms with E-state index in [0.717, 1.165) is 5.56 Å². The van der Waals surface area contributed by atoms with Crippen LogP contribution >= 0.6 is 23.2 Å². The van der Waals surface area contributed by atoms with Crippen LogP contribution in [0, 0.1) is 0 Å². The normalized spacial score (nSPS) is 12.0. The van der Waals surface area contributed by atoms with Gasteiger partial charge in [-0.1, -0.05) is 35.3 Å². The minimum atomic E-state index is -0.763. The standard InChI is InChI=1S/C17H18Cl2N2O2/c1-2-21(11-16(22)13-4-3-7-20-10-13)17(23)9-12-5-6-14(18)15(19)8-12/h3-8,10,16,22H,2,9,11H2,1H3. The number of aromatic nitrogens is 1. The maximum absolute atomic E-state index is 12.4. The van der Waals surface area contributed by atoms with Crippen molar-refractivity contribution in [2.45, 2.75) is 19.4 Å². The van der Waals surface area contributed by atoms with Crippen LogP contribution in [0.15, 0.2) is 42.7 Å². The largest absolute Gasteiger partial charge is 0.386 e. The van der Waals surface area contributed by atoms with Gasteiger partial charge in [-0.25, -0.2) is 0 Å². The number of hydrogen-bond donors (Lipinski definition) is 1. The van der Waals surface area contributed by atoms with Crippen molar-refractivity contribution in [2.24, 2.45) is 0 Å². The molecule has 2 rings (SSSR count). The van der Waals surface area contributed by atoms with Gasteiger partial charge in [-0.2, -0.15) is 0 Å². The van der Waals surface area contributed by atoms with Crippen LogP contribution in [0.1, 0.15) is 24.2 Å². The Morgan fingerprint density at radius 1 is 1.30 bits per heavy atom. The number of nitrogens with zero attached hydrogens (tertiary/aromatic N) is 2. The van der Waals surface area contributed by atoms with Gasteiger partial charge in [0.15, 0.2) is 0 Å². The number of amides is 1. The number of benzene rings is 1. The van der Waals surface area contributed by atoms with Gasteiger partial charge in [0.2, 0.25) is 5.91 Å². The molecule has 0 spiro atoms. The van der Waals surface area contributed by atoms with Crippen LogP contribution in [0.25, 0.3) is 0 Å². The van der Waals surface area contributed by atoms with E-state index in [1.807, 2.05) is 6.92 Å². The Morgan fingerprint density at radius 3 is 2.70 bits per heavy atom. The van der Waals surface area contributed by atoms with E-state index >= 15 is 0 Å². The Kier molecular flexibility index (Phi) is 6.39. The van der Waals surface area contributed by atoms with Gasteiger partial charge in [0.25, 0.3) is 0 Å². The van der Waals surface area contributed by atoms with E-state index in [0.29, 0.717) is 22.2 Å². The van der Waals surface area contributed by atoms with Crippen molar-refractivity contribution in [3.05, 3.63) is 63.9 Å². The van der Waals surface area contributed by atoms with E-state index in [1.165, 1.54) is 0 Å². The smallest absolute Gasteiger partial charge is 0.227 e. The third-order valence-corrected chi connectivity index (χ3v) is 4.28. The number of carbonyl (C=O) groups excluding carboxylic acids is 1. The van der Waals surface area contributed by atoms with Crippen LogP contribution in [-0.4, -0.2) is 34.0 Å². The zero-order chi connectivity index (χ0) is 16.8. The monoisotopic (exact) mass is 352 g/mol. The van der Waals surface area contributed by atoms with E-state index in [9.17, 15) is 9.90 Å². The molecular weight excluding hydrogens is 335 g/mol. The molecule has 0 aliphatic carbocycles. The van der Waals surface area contributed by atoms with Crippen molar-refractivity contribution >= 4 is 29.1 Å². The van der Waals surface area contributed by atoms with E-state index in [2.05, 4.69) is 4.98 Å². The second-order valence-corrected chi connectivity index (χ2v) is 5.97. The summed E-state index contributed by atoms with van der Waals surface area (Å²) in [6.45, 7) is 2.61. The molecular formula is C17H18Cl2N2O2. The predicted molar refractivity (Wildman–Crippen MR) is 91.6 cm³/mol. The summed E-state index contributed by atoms with van der Waals surface area (Å²) in [5, 5.41) is 11.1. The van der Waals surface area contributed by atoms with Crippen LogP contribution < -0.4 is 0 Å². The maximum atomic E-state index is 12.4. The van der Waals surface area contributed by atoms with Crippen molar-refractivity contribution in [1.29, 1.82) is 0 Å². The number of hydrogen-bond acceptors (Lipinski definition) is 3. The third-order valence-electron chi connectivity index (χ3n) is 3.54. The molecule has 1 N–H and O–H groups in total. The first-order valence-corrected chi connectivity index (χ1v) is 8.06. The number of halogens is 2. The van der Waals surface area contributed by atoms with Crippen LogP contribution in [0.4, 0.5) is 0 Å². The molecule has 1 heterocycles. The van der Waals surface area contributed by atoms with Gasteiger partial charge in [0.05, 0.1) is 29.1 Å². The number of pyridine rings is 1. The molecule has 0 radical (unpaired) electrons. The fourth-order valence-electron chi connectivity index (χ4n) is 2.23. The van der Waals surface area contributed by atoms with Crippen molar-refractivity contribution in [3.63, 3.8) is 0 Å².